The summed E-state index contributed by atoms with van der Waals surface area (Å²) in [6.45, 7) is 0.214. The predicted molar refractivity (Wildman–Crippen MR) is 75.7 cm³/mol. The van der Waals surface area contributed by atoms with Crippen LogP contribution >= 0.6 is 0 Å². The Kier molecular flexibility index (Phi) is 12.3. The van der Waals surface area contributed by atoms with Gasteiger partial charge < -0.3 is 20.2 Å². The number of ether oxygens (including phenoxy) is 1. The normalized spacial score (nSPS) is 10.0. The molecule has 0 saturated heterocycles. The number of methoxy groups -OCH3 is 1. The third kappa shape index (κ3) is 8.03. The Morgan fingerprint density at radius 2 is 2.27 bits per heavy atom. The fourth-order valence-electron chi connectivity index (χ4n) is 1.67. The van der Waals surface area contributed by atoms with Gasteiger partial charge in [-0.15, -0.1) is 0 Å². The molecule has 0 aliphatic heterocycles. The van der Waals surface area contributed by atoms with E-state index >= 15 is 0 Å². The van der Waals surface area contributed by atoms with Gasteiger partial charge in [0, 0.05) is 18.5 Å². The summed E-state index contributed by atoms with van der Waals surface area (Å²) >= 11 is 0. The first-order valence-corrected chi connectivity index (χ1v) is 6.16. The number of hydrogen-bond donors (Lipinski definition) is 2. The first-order chi connectivity index (χ1) is 10.2. The summed E-state index contributed by atoms with van der Waals surface area (Å²) in [5.74, 6) is 5.12. The molecule has 0 bridgehead atoms. The predicted octanol–water partition coefficient (Wildman–Crippen LogP) is -3.47. The van der Waals surface area contributed by atoms with E-state index in [2.05, 4.69) is 27.2 Å². The average Bonchev–Trinajstić information content (AvgIpc) is 2.51. The van der Waals surface area contributed by atoms with Crippen molar-refractivity contribution in [1.82, 2.24) is 10.6 Å². The molecule has 22 heavy (non-hydrogen) atoms. The molecule has 0 aliphatic rings. The standard InChI is InChI=1S/C15H15N2O4.Cs/c1-21-15(20)14(17-11-19)9-13-5-2-4-12(8-13)6-3-7-16-10-18;/h2,4-5,8,11,14H,7,9H2,1H3,(H,16,18)(H,17,19);/q-1;+1. The fraction of sp³-hybridized carbons (Fsp3) is 0.267. The molecule has 2 N–H and O–H groups in total. The molecule has 0 aromatic heterocycles. The summed E-state index contributed by atoms with van der Waals surface area (Å²) in [6, 6.07) is 6.50. The van der Waals surface area contributed by atoms with Crippen molar-refractivity contribution >= 4 is 18.8 Å². The van der Waals surface area contributed by atoms with Crippen LogP contribution in [0.5, 0.6) is 0 Å². The van der Waals surface area contributed by atoms with Crippen LogP contribution in [0.3, 0.4) is 0 Å². The molecular formula is C15H15CsN2O4. The number of esters is 1. The Morgan fingerprint density at radius 3 is 2.91 bits per heavy atom. The van der Waals surface area contributed by atoms with Gasteiger partial charge in [0.15, 0.2) is 0 Å². The molecule has 1 unspecified atom stereocenters. The maximum Gasteiger partial charge on any atom is 1.00 e. The summed E-state index contributed by atoms with van der Waals surface area (Å²) in [7, 11) is 1.26. The second kappa shape index (κ2) is 12.8. The number of amides is 2. The minimum absolute atomic E-state index is 0. The van der Waals surface area contributed by atoms with Gasteiger partial charge in [-0.05, 0) is 17.7 Å². The summed E-state index contributed by atoms with van der Waals surface area (Å²) < 4.78 is 4.63. The number of nitrogens with one attached hydrogen (secondary N) is 2. The van der Waals surface area contributed by atoms with Crippen LogP contribution < -0.4 is 79.5 Å². The zero-order chi connectivity index (χ0) is 15.5. The number of rotatable bonds is 7. The van der Waals surface area contributed by atoms with Crippen molar-refractivity contribution < 1.29 is 88.0 Å². The van der Waals surface area contributed by atoms with E-state index in [4.69, 9.17) is 0 Å². The van der Waals surface area contributed by atoms with E-state index in [1.165, 1.54) is 13.5 Å². The summed E-state index contributed by atoms with van der Waals surface area (Å²) in [5, 5.41) is 4.73. The van der Waals surface area contributed by atoms with E-state index in [1.807, 2.05) is 6.07 Å². The van der Waals surface area contributed by atoms with E-state index < -0.39 is 12.0 Å². The second-order valence-corrected chi connectivity index (χ2v) is 4.02. The van der Waals surface area contributed by atoms with Gasteiger partial charge in [0.05, 0.1) is 7.11 Å². The van der Waals surface area contributed by atoms with Crippen LogP contribution in [0.1, 0.15) is 11.1 Å². The second-order valence-electron chi connectivity index (χ2n) is 4.02. The van der Waals surface area contributed by atoms with Crippen LogP contribution in [0.2, 0.25) is 0 Å². The molecule has 1 aromatic rings. The van der Waals surface area contributed by atoms with Gasteiger partial charge in [-0.3, -0.25) is 4.79 Å². The third-order valence-corrected chi connectivity index (χ3v) is 2.60. The molecule has 7 heteroatoms. The summed E-state index contributed by atoms with van der Waals surface area (Å²) in [5.41, 5.74) is 1.58. The number of hydrogen-bond acceptors (Lipinski definition) is 4. The smallest absolute Gasteiger partial charge is 0.520 e. The molecule has 0 aliphatic carbocycles. The van der Waals surface area contributed by atoms with Gasteiger partial charge in [0.2, 0.25) is 6.41 Å². The molecule has 1 aromatic carbocycles. The Labute approximate surface area is 188 Å². The maximum absolute atomic E-state index is 11.5. The van der Waals surface area contributed by atoms with Gasteiger partial charge in [-0.2, -0.15) is 6.41 Å². The van der Waals surface area contributed by atoms with Gasteiger partial charge in [0.25, 0.3) is 0 Å². The van der Waals surface area contributed by atoms with Gasteiger partial charge in [-0.1, -0.05) is 24.0 Å². The molecule has 0 radical (unpaired) electrons. The average molecular weight is 420 g/mol. The monoisotopic (exact) mass is 420 g/mol. The quantitative estimate of drug-likeness (QED) is 0.120. The minimum Gasteiger partial charge on any atom is -0.520 e. The third-order valence-electron chi connectivity index (χ3n) is 2.60. The summed E-state index contributed by atoms with van der Waals surface area (Å²) in [4.78, 5) is 32.0. The minimum atomic E-state index is -0.734. The molecule has 0 heterocycles. The van der Waals surface area contributed by atoms with Gasteiger partial charge in [-0.25, -0.2) is 4.79 Å². The SMILES string of the molecule is COC(=O)C(Cc1cccc(C#CCN[C-]=O)c1)NC=O.[Cs+]. The van der Waals surface area contributed by atoms with Crippen LogP contribution in [-0.4, -0.2) is 38.5 Å². The first kappa shape index (κ1) is 21.2. The Hall–Kier alpha value is -0.758. The van der Waals surface area contributed by atoms with Crippen LogP contribution in [0.15, 0.2) is 24.3 Å². The first-order valence-electron chi connectivity index (χ1n) is 6.16. The van der Waals surface area contributed by atoms with Crippen LogP contribution in [-0.2, 0) is 25.5 Å². The number of benzene rings is 1. The van der Waals surface area contributed by atoms with Crippen molar-refractivity contribution in [3.63, 3.8) is 0 Å². The Morgan fingerprint density at radius 1 is 1.50 bits per heavy atom. The largest absolute Gasteiger partial charge is 1.00 e. The zero-order valence-corrected chi connectivity index (χ0v) is 18.8. The van der Waals surface area contributed by atoms with Crippen molar-refractivity contribution in [1.29, 1.82) is 0 Å². The molecule has 1 rings (SSSR count). The maximum atomic E-state index is 11.5. The number of carbonyl (C=O) groups excluding carboxylic acids is 3. The Balaban J connectivity index is 0.00000441. The fourth-order valence-corrected chi connectivity index (χ4v) is 1.67. The number of carbonyl (C=O) groups is 2. The van der Waals surface area contributed by atoms with E-state index in [1.54, 1.807) is 18.2 Å². The zero-order valence-electron chi connectivity index (χ0n) is 12.5. The molecule has 0 spiro atoms. The molecule has 0 fully saturated rings. The van der Waals surface area contributed by atoms with Crippen molar-refractivity contribution in [2.45, 2.75) is 12.5 Å². The van der Waals surface area contributed by atoms with E-state index in [9.17, 15) is 14.4 Å². The van der Waals surface area contributed by atoms with E-state index in [0.717, 1.165) is 11.1 Å². The molecule has 2 amide bonds. The molecule has 1 atom stereocenters. The van der Waals surface area contributed by atoms with Crippen LogP contribution in [0.25, 0.3) is 0 Å². The molecule has 110 valence electrons. The summed E-state index contributed by atoms with van der Waals surface area (Å²) in [6.07, 6.45) is 2.30. The van der Waals surface area contributed by atoms with E-state index in [-0.39, 0.29) is 75.4 Å². The van der Waals surface area contributed by atoms with Gasteiger partial charge in [0.1, 0.15) is 6.04 Å². The molecular weight excluding hydrogens is 405 g/mol. The van der Waals surface area contributed by atoms with Crippen molar-refractivity contribution in [3.8, 4) is 11.8 Å². The van der Waals surface area contributed by atoms with Crippen LogP contribution in [0, 0.1) is 11.8 Å². The molecule has 0 saturated carbocycles. The Bertz CT molecular complexity index is 566. The van der Waals surface area contributed by atoms with Gasteiger partial charge >= 0.3 is 74.9 Å². The van der Waals surface area contributed by atoms with Crippen molar-refractivity contribution in [2.24, 2.45) is 0 Å². The van der Waals surface area contributed by atoms with Crippen molar-refractivity contribution in [2.75, 3.05) is 13.7 Å². The van der Waals surface area contributed by atoms with E-state index in [0.29, 0.717) is 12.8 Å². The van der Waals surface area contributed by atoms with Crippen molar-refractivity contribution in [3.05, 3.63) is 35.4 Å². The van der Waals surface area contributed by atoms with Crippen LogP contribution in [0.4, 0.5) is 0 Å². The molecule has 6 nitrogen and oxygen atoms in total. The topological polar surface area (TPSA) is 84.5 Å².